The number of terminal acetylenes is 2. The summed E-state index contributed by atoms with van der Waals surface area (Å²) in [4.78, 5) is 0. The molecule has 0 fully saturated rings. The molecule has 2 nitrogen and oxygen atoms in total. The molecule has 0 amide bonds. The molecule has 0 aliphatic heterocycles. The number of nitrogens with zero attached hydrogens (tertiary/aromatic N) is 1. The van der Waals surface area contributed by atoms with E-state index in [1.807, 2.05) is 0 Å². The quantitative estimate of drug-likeness (QED) is 0.187. The Labute approximate surface area is 42.4 Å². The Kier molecular flexibility index (Phi) is 2.24. The van der Waals surface area contributed by atoms with Crippen molar-refractivity contribution >= 4 is 5.71 Å². The summed E-state index contributed by atoms with van der Waals surface area (Å²) in [6.07, 6.45) is 9.58. The molecule has 0 aromatic rings. The van der Waals surface area contributed by atoms with Gasteiger partial charge in [-0.25, -0.2) is 0 Å². The van der Waals surface area contributed by atoms with Crippen molar-refractivity contribution in [3.8, 4) is 24.7 Å². The van der Waals surface area contributed by atoms with Crippen molar-refractivity contribution in [2.24, 2.45) is 10.9 Å². The first-order valence-corrected chi connectivity index (χ1v) is 1.56. The Morgan fingerprint density at radius 2 is 1.86 bits per heavy atom. The molecule has 0 aliphatic rings. The molecule has 0 atom stereocenters. The molecule has 2 heteroatoms. The summed E-state index contributed by atoms with van der Waals surface area (Å²) >= 11 is 0. The van der Waals surface area contributed by atoms with Crippen LogP contribution in [0.4, 0.5) is 0 Å². The standard InChI is InChI=1S/C5H4N2/c1-3-5(4-2)7-6/h1-2H,6H2. The van der Waals surface area contributed by atoms with Gasteiger partial charge < -0.3 is 5.84 Å². The average molecular weight is 92.1 g/mol. The van der Waals surface area contributed by atoms with Gasteiger partial charge >= 0.3 is 0 Å². The highest BCUT2D eigenvalue weighted by Gasteiger charge is 1.76. The molecule has 0 radical (unpaired) electrons. The van der Waals surface area contributed by atoms with Crippen molar-refractivity contribution in [1.82, 2.24) is 0 Å². The summed E-state index contributed by atoms with van der Waals surface area (Å²) < 4.78 is 0. The van der Waals surface area contributed by atoms with Crippen LogP contribution in [-0.2, 0) is 0 Å². The highest BCUT2D eigenvalue weighted by Crippen LogP contribution is 1.62. The Morgan fingerprint density at radius 3 is 1.86 bits per heavy atom. The summed E-state index contributed by atoms with van der Waals surface area (Å²) in [5.41, 5.74) is 0.139. The smallest absolute Gasteiger partial charge is 0.182 e. The van der Waals surface area contributed by atoms with Gasteiger partial charge in [-0.05, 0) is 11.8 Å². The first kappa shape index (κ1) is 5.59. The van der Waals surface area contributed by atoms with E-state index in [-0.39, 0.29) is 5.71 Å². The normalized spacial score (nSPS) is 5.43. The molecule has 0 bridgehead atoms. The maximum Gasteiger partial charge on any atom is 0.182 e. The lowest BCUT2D eigenvalue weighted by atomic mass is 10.4. The Hall–Kier alpha value is -1.41. The minimum absolute atomic E-state index is 0.139. The van der Waals surface area contributed by atoms with E-state index in [2.05, 4.69) is 16.9 Å². The van der Waals surface area contributed by atoms with Crippen molar-refractivity contribution in [3.63, 3.8) is 0 Å². The maximum atomic E-state index is 4.79. The fourth-order valence-electron chi connectivity index (χ4n) is 0.116. The third-order valence-electron chi connectivity index (χ3n) is 0.403. The zero-order chi connectivity index (χ0) is 5.70. The zero-order valence-electron chi connectivity index (χ0n) is 3.68. The zero-order valence-corrected chi connectivity index (χ0v) is 3.68. The molecule has 0 unspecified atom stereocenters. The van der Waals surface area contributed by atoms with E-state index in [0.717, 1.165) is 0 Å². The molecular weight excluding hydrogens is 88.1 g/mol. The number of hydrazone groups is 1. The summed E-state index contributed by atoms with van der Waals surface area (Å²) in [5, 5.41) is 3.07. The van der Waals surface area contributed by atoms with Crippen molar-refractivity contribution in [2.45, 2.75) is 0 Å². The SMILES string of the molecule is C#CC(C#C)=NN. The van der Waals surface area contributed by atoms with Gasteiger partial charge in [0, 0.05) is 0 Å². The third kappa shape index (κ3) is 1.46. The number of hydrogen-bond acceptors (Lipinski definition) is 2. The first-order valence-electron chi connectivity index (χ1n) is 1.56. The third-order valence-corrected chi connectivity index (χ3v) is 0.403. The molecule has 0 aromatic carbocycles. The van der Waals surface area contributed by atoms with Gasteiger partial charge in [0.15, 0.2) is 5.71 Å². The lowest BCUT2D eigenvalue weighted by molar-refractivity contribution is 1.26. The summed E-state index contributed by atoms with van der Waals surface area (Å²) in [7, 11) is 0. The number of rotatable bonds is 0. The lowest BCUT2D eigenvalue weighted by Gasteiger charge is -1.74. The van der Waals surface area contributed by atoms with Gasteiger partial charge in [-0.2, -0.15) is 5.10 Å². The van der Waals surface area contributed by atoms with Crippen molar-refractivity contribution in [2.75, 3.05) is 0 Å². The minimum atomic E-state index is 0.139. The highest BCUT2D eigenvalue weighted by molar-refractivity contribution is 6.12. The largest absolute Gasteiger partial charge is 0.321 e. The molecule has 0 aliphatic carbocycles. The van der Waals surface area contributed by atoms with E-state index in [0.29, 0.717) is 0 Å². The molecule has 2 N–H and O–H groups in total. The second kappa shape index (κ2) is 2.81. The molecule has 34 valence electrons. The highest BCUT2D eigenvalue weighted by atomic mass is 15.1. The van der Waals surface area contributed by atoms with Crippen LogP contribution in [0.3, 0.4) is 0 Å². The molecule has 0 spiro atoms. The molecular formula is C5H4N2. The van der Waals surface area contributed by atoms with Gasteiger partial charge in [-0.1, -0.05) is 0 Å². The number of hydrogen-bond donors (Lipinski definition) is 1. The van der Waals surface area contributed by atoms with Crippen molar-refractivity contribution < 1.29 is 0 Å². The van der Waals surface area contributed by atoms with Gasteiger partial charge in [0.1, 0.15) is 0 Å². The van der Waals surface area contributed by atoms with Crippen LogP contribution in [0.2, 0.25) is 0 Å². The van der Waals surface area contributed by atoms with Gasteiger partial charge in [0.05, 0.1) is 0 Å². The van der Waals surface area contributed by atoms with Crippen LogP contribution in [0.5, 0.6) is 0 Å². The monoisotopic (exact) mass is 92.0 g/mol. The van der Waals surface area contributed by atoms with Crippen molar-refractivity contribution in [1.29, 1.82) is 0 Å². The van der Waals surface area contributed by atoms with Gasteiger partial charge in [0.25, 0.3) is 0 Å². The van der Waals surface area contributed by atoms with E-state index in [1.54, 1.807) is 0 Å². The van der Waals surface area contributed by atoms with Crippen LogP contribution in [0.1, 0.15) is 0 Å². The molecule has 7 heavy (non-hydrogen) atoms. The Bertz CT molecular complexity index is 138. The van der Waals surface area contributed by atoms with Gasteiger partial charge in [-0.15, -0.1) is 12.8 Å². The second-order valence-corrected chi connectivity index (χ2v) is 0.766. The molecule has 0 rings (SSSR count). The van der Waals surface area contributed by atoms with Crippen LogP contribution in [0, 0.1) is 24.7 Å². The fraction of sp³-hybridized carbons (Fsp3) is 0. The summed E-state index contributed by atoms with van der Waals surface area (Å²) in [6, 6.07) is 0. The van der Waals surface area contributed by atoms with E-state index in [4.69, 9.17) is 18.7 Å². The Balaban J connectivity index is 4.03. The second-order valence-electron chi connectivity index (χ2n) is 0.766. The summed E-state index contributed by atoms with van der Waals surface area (Å²) in [5.74, 6) is 8.88. The molecule has 0 saturated carbocycles. The van der Waals surface area contributed by atoms with Crippen molar-refractivity contribution in [3.05, 3.63) is 0 Å². The van der Waals surface area contributed by atoms with Gasteiger partial charge in [-0.3, -0.25) is 0 Å². The first-order chi connectivity index (χ1) is 3.35. The number of nitrogens with two attached hydrogens (primary N) is 1. The molecule has 0 saturated heterocycles. The predicted molar refractivity (Wildman–Crippen MR) is 29.3 cm³/mol. The van der Waals surface area contributed by atoms with Crippen LogP contribution in [-0.4, -0.2) is 5.71 Å². The van der Waals surface area contributed by atoms with Crippen LogP contribution in [0.25, 0.3) is 0 Å². The predicted octanol–water partition coefficient (Wildman–Crippen LogP) is -0.433. The minimum Gasteiger partial charge on any atom is -0.321 e. The Morgan fingerprint density at radius 1 is 1.43 bits per heavy atom. The van der Waals surface area contributed by atoms with E-state index >= 15 is 0 Å². The van der Waals surface area contributed by atoms with E-state index < -0.39 is 0 Å². The van der Waals surface area contributed by atoms with E-state index in [1.165, 1.54) is 0 Å². The van der Waals surface area contributed by atoms with Crippen LogP contribution < -0.4 is 5.84 Å². The van der Waals surface area contributed by atoms with Gasteiger partial charge in [0.2, 0.25) is 0 Å². The fourth-order valence-corrected chi connectivity index (χ4v) is 0.116. The van der Waals surface area contributed by atoms with Crippen LogP contribution >= 0.6 is 0 Å². The van der Waals surface area contributed by atoms with E-state index in [9.17, 15) is 0 Å². The summed E-state index contributed by atoms with van der Waals surface area (Å²) in [6.45, 7) is 0. The maximum absolute atomic E-state index is 4.79. The molecule has 0 aromatic heterocycles. The molecule has 0 heterocycles. The van der Waals surface area contributed by atoms with Crippen LogP contribution in [0.15, 0.2) is 5.10 Å². The lowest BCUT2D eigenvalue weighted by Crippen LogP contribution is -1.92. The topological polar surface area (TPSA) is 38.4 Å². The average Bonchev–Trinajstić information content (AvgIpc) is 1.72.